The molecule has 0 aliphatic rings. The summed E-state index contributed by atoms with van der Waals surface area (Å²) in [6.45, 7) is 0. The summed E-state index contributed by atoms with van der Waals surface area (Å²) in [5, 5.41) is 12.0. The van der Waals surface area contributed by atoms with Crippen LogP contribution in [0.25, 0.3) is 0 Å². The largest absolute Gasteiger partial charge is 0.348 e. The Bertz CT molecular complexity index is 1010. The molecule has 3 aromatic rings. The summed E-state index contributed by atoms with van der Waals surface area (Å²) in [6.07, 6.45) is 0.507. The second-order valence-corrected chi connectivity index (χ2v) is 8.41. The topological polar surface area (TPSA) is 75.2 Å². The summed E-state index contributed by atoms with van der Waals surface area (Å²) in [5.41, 5.74) is 1.38. The molecule has 2 amide bonds. The predicted molar refractivity (Wildman–Crippen MR) is 113 cm³/mol. The Morgan fingerprint density at radius 3 is 2.55 bits per heavy atom. The van der Waals surface area contributed by atoms with Crippen LogP contribution in [-0.2, 0) is 11.2 Å². The van der Waals surface area contributed by atoms with Gasteiger partial charge in [0.25, 0.3) is 5.91 Å². The van der Waals surface area contributed by atoms with Gasteiger partial charge in [-0.25, -0.2) is 4.39 Å². The first kappa shape index (κ1) is 20.9. The molecule has 3 rings (SSSR count). The Kier molecular flexibility index (Phi) is 6.95. The minimum absolute atomic E-state index is 0.0280. The lowest BCUT2D eigenvalue weighted by molar-refractivity contribution is -0.125. The van der Waals surface area contributed by atoms with Gasteiger partial charge in [-0.15, -0.1) is 22.0 Å². The molecule has 1 N–H and O–H groups in total. The van der Waals surface area contributed by atoms with Crippen molar-refractivity contribution in [3.05, 3.63) is 70.5 Å². The number of nitrogens with zero attached hydrogens (tertiary/aromatic N) is 3. The fourth-order valence-electron chi connectivity index (χ4n) is 2.37. The van der Waals surface area contributed by atoms with Crippen LogP contribution in [-0.4, -0.2) is 46.8 Å². The molecule has 6 nitrogen and oxygen atoms in total. The molecule has 0 spiro atoms. The highest BCUT2D eigenvalue weighted by atomic mass is 32.2. The van der Waals surface area contributed by atoms with E-state index >= 15 is 0 Å². The van der Waals surface area contributed by atoms with Crippen molar-refractivity contribution in [1.29, 1.82) is 0 Å². The van der Waals surface area contributed by atoms with Crippen molar-refractivity contribution in [1.82, 2.24) is 15.1 Å². The SMILES string of the molecule is CN(C)C(=O)CSc1ccccc1C(=O)Nc1nnc(Cc2ccc(F)cc2)s1. The number of rotatable bonds is 7. The number of carbonyl (C=O) groups is 2. The zero-order valence-electron chi connectivity index (χ0n) is 15.9. The minimum Gasteiger partial charge on any atom is -0.348 e. The van der Waals surface area contributed by atoms with Gasteiger partial charge in [-0.3, -0.25) is 14.9 Å². The Balaban J connectivity index is 1.65. The molecular weight excluding hydrogens is 411 g/mol. The monoisotopic (exact) mass is 430 g/mol. The third kappa shape index (κ3) is 5.85. The van der Waals surface area contributed by atoms with Crippen LogP contribution in [0.2, 0.25) is 0 Å². The van der Waals surface area contributed by atoms with E-state index in [0.29, 0.717) is 22.1 Å². The number of hydrogen-bond acceptors (Lipinski definition) is 6. The summed E-state index contributed by atoms with van der Waals surface area (Å²) in [4.78, 5) is 26.8. The zero-order chi connectivity index (χ0) is 20.8. The third-order valence-electron chi connectivity index (χ3n) is 3.94. The van der Waals surface area contributed by atoms with Gasteiger partial charge in [0.05, 0.1) is 11.3 Å². The molecule has 29 heavy (non-hydrogen) atoms. The maximum absolute atomic E-state index is 13.0. The number of aromatic nitrogens is 2. The molecule has 1 heterocycles. The number of hydrogen-bond donors (Lipinski definition) is 1. The lowest BCUT2D eigenvalue weighted by atomic mass is 10.2. The highest BCUT2D eigenvalue weighted by Gasteiger charge is 2.15. The lowest BCUT2D eigenvalue weighted by Crippen LogP contribution is -2.23. The second-order valence-electron chi connectivity index (χ2n) is 6.33. The van der Waals surface area contributed by atoms with E-state index < -0.39 is 0 Å². The smallest absolute Gasteiger partial charge is 0.258 e. The van der Waals surface area contributed by atoms with Crippen molar-refractivity contribution >= 4 is 40.0 Å². The van der Waals surface area contributed by atoms with Crippen LogP contribution >= 0.6 is 23.1 Å². The number of nitrogens with one attached hydrogen (secondary N) is 1. The lowest BCUT2D eigenvalue weighted by Gasteiger charge is -2.11. The molecule has 9 heteroatoms. The van der Waals surface area contributed by atoms with E-state index in [1.165, 1.54) is 40.1 Å². The average molecular weight is 431 g/mol. The summed E-state index contributed by atoms with van der Waals surface area (Å²) in [5.74, 6) is -0.379. The fraction of sp³-hybridized carbons (Fsp3) is 0.200. The van der Waals surface area contributed by atoms with Gasteiger partial charge in [0.2, 0.25) is 11.0 Å². The van der Waals surface area contributed by atoms with Gasteiger partial charge in [0.1, 0.15) is 10.8 Å². The molecule has 0 aliphatic carbocycles. The maximum atomic E-state index is 13.0. The normalized spacial score (nSPS) is 10.6. The molecule has 0 bridgehead atoms. The zero-order valence-corrected chi connectivity index (χ0v) is 17.5. The Morgan fingerprint density at radius 1 is 1.10 bits per heavy atom. The van der Waals surface area contributed by atoms with Gasteiger partial charge in [0.15, 0.2) is 0 Å². The molecular formula is C20H19FN4O2S2. The molecule has 0 radical (unpaired) electrons. The van der Waals surface area contributed by atoms with Gasteiger partial charge >= 0.3 is 0 Å². The third-order valence-corrected chi connectivity index (χ3v) is 5.83. The van der Waals surface area contributed by atoms with Crippen molar-refractivity contribution < 1.29 is 14.0 Å². The molecule has 0 saturated heterocycles. The number of thioether (sulfide) groups is 1. The molecule has 1 aromatic heterocycles. The second kappa shape index (κ2) is 9.62. The molecule has 0 aliphatic heterocycles. The Hall–Kier alpha value is -2.78. The molecule has 0 saturated carbocycles. The Labute approximate surface area is 176 Å². The van der Waals surface area contributed by atoms with E-state index in [0.717, 1.165) is 10.5 Å². The number of benzene rings is 2. The first-order chi connectivity index (χ1) is 13.9. The number of anilines is 1. The summed E-state index contributed by atoms with van der Waals surface area (Å²) in [7, 11) is 3.39. The highest BCUT2D eigenvalue weighted by Crippen LogP contribution is 2.25. The van der Waals surface area contributed by atoms with Gasteiger partial charge in [-0.2, -0.15) is 0 Å². The first-order valence-electron chi connectivity index (χ1n) is 8.72. The van der Waals surface area contributed by atoms with Crippen LogP contribution in [0.4, 0.5) is 9.52 Å². The molecule has 2 aromatic carbocycles. The van der Waals surface area contributed by atoms with Crippen LogP contribution in [0.1, 0.15) is 20.9 Å². The average Bonchev–Trinajstić information content (AvgIpc) is 3.14. The van der Waals surface area contributed by atoms with E-state index in [9.17, 15) is 14.0 Å². The van der Waals surface area contributed by atoms with Crippen molar-refractivity contribution in [3.8, 4) is 0 Å². The summed E-state index contributed by atoms with van der Waals surface area (Å²) < 4.78 is 13.0. The molecule has 0 fully saturated rings. The van der Waals surface area contributed by atoms with Crippen LogP contribution in [0.5, 0.6) is 0 Å². The van der Waals surface area contributed by atoms with E-state index in [2.05, 4.69) is 15.5 Å². The van der Waals surface area contributed by atoms with Gasteiger partial charge in [-0.05, 0) is 29.8 Å². The first-order valence-corrected chi connectivity index (χ1v) is 10.5. The van der Waals surface area contributed by atoms with Crippen LogP contribution in [0.15, 0.2) is 53.4 Å². The van der Waals surface area contributed by atoms with Crippen LogP contribution < -0.4 is 5.32 Å². The maximum Gasteiger partial charge on any atom is 0.258 e. The van der Waals surface area contributed by atoms with E-state index in [-0.39, 0.29) is 23.4 Å². The van der Waals surface area contributed by atoms with Crippen LogP contribution in [0, 0.1) is 5.82 Å². The van der Waals surface area contributed by atoms with Gasteiger partial charge in [0, 0.05) is 25.4 Å². The van der Waals surface area contributed by atoms with Gasteiger partial charge in [-0.1, -0.05) is 35.6 Å². The number of halogens is 1. The molecule has 0 unspecified atom stereocenters. The quantitative estimate of drug-likeness (QED) is 0.579. The van der Waals surface area contributed by atoms with Crippen molar-refractivity contribution in [2.24, 2.45) is 0 Å². The van der Waals surface area contributed by atoms with Crippen molar-refractivity contribution in [3.63, 3.8) is 0 Å². The standard InChI is InChI=1S/C20H19FN4O2S2/c1-25(2)18(26)12-28-16-6-4-3-5-15(16)19(27)22-20-24-23-17(29-20)11-13-7-9-14(21)10-8-13/h3-10H,11-12H2,1-2H3,(H,22,24,27). The molecule has 150 valence electrons. The van der Waals surface area contributed by atoms with E-state index in [1.807, 2.05) is 12.1 Å². The number of carbonyl (C=O) groups excluding carboxylic acids is 2. The van der Waals surface area contributed by atoms with E-state index in [4.69, 9.17) is 0 Å². The molecule has 0 atom stereocenters. The van der Waals surface area contributed by atoms with E-state index in [1.54, 1.807) is 38.4 Å². The highest BCUT2D eigenvalue weighted by molar-refractivity contribution is 8.00. The Morgan fingerprint density at radius 2 is 1.83 bits per heavy atom. The van der Waals surface area contributed by atoms with Gasteiger partial charge < -0.3 is 4.90 Å². The van der Waals surface area contributed by atoms with Crippen molar-refractivity contribution in [2.45, 2.75) is 11.3 Å². The summed E-state index contributed by atoms with van der Waals surface area (Å²) in [6, 6.07) is 13.3. The minimum atomic E-state index is -0.310. The van der Waals surface area contributed by atoms with Crippen molar-refractivity contribution in [2.75, 3.05) is 25.2 Å². The fourth-order valence-corrected chi connectivity index (χ4v) is 4.16. The van der Waals surface area contributed by atoms with Crippen LogP contribution in [0.3, 0.4) is 0 Å². The number of amides is 2. The summed E-state index contributed by atoms with van der Waals surface area (Å²) >= 11 is 2.58. The predicted octanol–water partition coefficient (Wildman–Crippen LogP) is 3.70.